The number of ether oxygens (including phenoxy) is 2. The second-order valence-electron chi connectivity index (χ2n) is 3.88. The van der Waals surface area contributed by atoms with Gasteiger partial charge in [0.15, 0.2) is 0 Å². The molecule has 0 bridgehead atoms. The molecule has 92 valence electrons. The lowest BCUT2D eigenvalue weighted by Gasteiger charge is -2.25. The van der Waals surface area contributed by atoms with Crippen LogP contribution in [0, 0.1) is 0 Å². The van der Waals surface area contributed by atoms with Crippen molar-refractivity contribution in [2.24, 2.45) is 0 Å². The van der Waals surface area contributed by atoms with Crippen molar-refractivity contribution < 1.29 is 19.7 Å². The molecule has 0 aliphatic rings. The number of aliphatic hydroxyl groups excluding tert-OH is 2. The average Bonchev–Trinajstić information content (AvgIpc) is 2.17. The Hall–Kier alpha value is -0.160. The SMILES string of the molecule is CCOC(C)C(C)OC(C)CC(O)CO. The number of hydrogen-bond donors (Lipinski definition) is 2. The Balaban J connectivity index is 3.79. The van der Waals surface area contributed by atoms with Crippen molar-refractivity contribution in [3.8, 4) is 0 Å². The molecular weight excluding hydrogens is 196 g/mol. The minimum Gasteiger partial charge on any atom is -0.394 e. The predicted octanol–water partition coefficient (Wildman–Crippen LogP) is 0.948. The second-order valence-corrected chi connectivity index (χ2v) is 3.88. The van der Waals surface area contributed by atoms with Gasteiger partial charge in [0.2, 0.25) is 0 Å². The highest BCUT2D eigenvalue weighted by Gasteiger charge is 2.17. The zero-order valence-electron chi connectivity index (χ0n) is 10.1. The third-order valence-electron chi connectivity index (χ3n) is 2.35. The van der Waals surface area contributed by atoms with Crippen molar-refractivity contribution in [3.63, 3.8) is 0 Å². The minimum atomic E-state index is -0.699. The molecule has 0 spiro atoms. The molecule has 0 aromatic carbocycles. The van der Waals surface area contributed by atoms with Gasteiger partial charge >= 0.3 is 0 Å². The van der Waals surface area contributed by atoms with Gasteiger partial charge in [0.25, 0.3) is 0 Å². The Morgan fingerprint density at radius 1 is 1.13 bits per heavy atom. The van der Waals surface area contributed by atoms with E-state index in [1.165, 1.54) is 0 Å². The molecule has 0 aromatic heterocycles. The van der Waals surface area contributed by atoms with Gasteiger partial charge in [-0.05, 0) is 27.7 Å². The van der Waals surface area contributed by atoms with Crippen LogP contribution in [0.1, 0.15) is 34.1 Å². The number of aliphatic hydroxyl groups is 2. The highest BCUT2D eigenvalue weighted by atomic mass is 16.5. The minimum absolute atomic E-state index is 0.00848. The summed E-state index contributed by atoms with van der Waals surface area (Å²) in [5.41, 5.74) is 0. The summed E-state index contributed by atoms with van der Waals surface area (Å²) in [7, 11) is 0. The fourth-order valence-electron chi connectivity index (χ4n) is 1.39. The summed E-state index contributed by atoms with van der Waals surface area (Å²) in [4.78, 5) is 0. The molecule has 15 heavy (non-hydrogen) atoms. The Morgan fingerprint density at radius 2 is 1.73 bits per heavy atom. The molecule has 4 atom stereocenters. The van der Waals surface area contributed by atoms with Gasteiger partial charge in [-0.15, -0.1) is 0 Å². The highest BCUT2D eigenvalue weighted by molar-refractivity contribution is 4.65. The van der Waals surface area contributed by atoms with Gasteiger partial charge in [0.05, 0.1) is 31.0 Å². The van der Waals surface area contributed by atoms with Gasteiger partial charge in [-0.25, -0.2) is 0 Å². The van der Waals surface area contributed by atoms with E-state index in [0.29, 0.717) is 13.0 Å². The normalized spacial score (nSPS) is 19.6. The summed E-state index contributed by atoms with van der Waals surface area (Å²) < 4.78 is 11.0. The van der Waals surface area contributed by atoms with Crippen LogP contribution in [0.15, 0.2) is 0 Å². The highest BCUT2D eigenvalue weighted by Crippen LogP contribution is 2.10. The van der Waals surface area contributed by atoms with Crippen molar-refractivity contribution in [3.05, 3.63) is 0 Å². The van der Waals surface area contributed by atoms with E-state index in [2.05, 4.69) is 0 Å². The van der Waals surface area contributed by atoms with Crippen LogP contribution < -0.4 is 0 Å². The summed E-state index contributed by atoms with van der Waals surface area (Å²) in [6.45, 7) is 8.19. The summed E-state index contributed by atoms with van der Waals surface area (Å²) in [5, 5.41) is 17.9. The maximum atomic E-state index is 9.22. The van der Waals surface area contributed by atoms with Crippen LogP contribution in [-0.2, 0) is 9.47 Å². The zero-order valence-corrected chi connectivity index (χ0v) is 10.1. The Labute approximate surface area is 92.2 Å². The molecule has 4 heteroatoms. The quantitative estimate of drug-likeness (QED) is 0.639. The van der Waals surface area contributed by atoms with Gasteiger partial charge < -0.3 is 19.7 Å². The van der Waals surface area contributed by atoms with Crippen LogP contribution in [0.2, 0.25) is 0 Å². The molecule has 0 saturated heterocycles. The fraction of sp³-hybridized carbons (Fsp3) is 1.00. The van der Waals surface area contributed by atoms with E-state index in [-0.39, 0.29) is 24.9 Å². The lowest BCUT2D eigenvalue weighted by Crippen LogP contribution is -2.31. The Kier molecular flexibility index (Phi) is 7.96. The Morgan fingerprint density at radius 3 is 2.20 bits per heavy atom. The van der Waals surface area contributed by atoms with Crippen molar-refractivity contribution in [2.75, 3.05) is 13.2 Å². The van der Waals surface area contributed by atoms with Crippen molar-refractivity contribution in [1.82, 2.24) is 0 Å². The summed E-state index contributed by atoms with van der Waals surface area (Å²) in [5.74, 6) is 0. The third-order valence-corrected chi connectivity index (χ3v) is 2.35. The zero-order chi connectivity index (χ0) is 11.8. The Bertz CT molecular complexity index is 152. The average molecular weight is 220 g/mol. The number of hydrogen-bond acceptors (Lipinski definition) is 4. The standard InChI is InChI=1S/C11H24O4/c1-5-14-9(3)10(4)15-8(2)6-11(13)7-12/h8-13H,5-7H2,1-4H3. The van der Waals surface area contributed by atoms with E-state index >= 15 is 0 Å². The lowest BCUT2D eigenvalue weighted by molar-refractivity contribution is -0.0915. The molecule has 0 aliphatic carbocycles. The smallest absolute Gasteiger partial charge is 0.0809 e. The molecule has 0 heterocycles. The molecule has 0 fully saturated rings. The first-order valence-corrected chi connectivity index (χ1v) is 5.57. The molecule has 0 aromatic rings. The summed E-state index contributed by atoms with van der Waals surface area (Å²) in [6, 6.07) is 0. The van der Waals surface area contributed by atoms with Gasteiger partial charge in [0, 0.05) is 13.0 Å². The summed E-state index contributed by atoms with van der Waals surface area (Å²) in [6.07, 6.45) is -0.297. The molecular formula is C11H24O4. The topological polar surface area (TPSA) is 58.9 Å². The van der Waals surface area contributed by atoms with Crippen LogP contribution in [0.5, 0.6) is 0 Å². The van der Waals surface area contributed by atoms with Gasteiger partial charge in [-0.2, -0.15) is 0 Å². The monoisotopic (exact) mass is 220 g/mol. The van der Waals surface area contributed by atoms with E-state index in [1.807, 2.05) is 27.7 Å². The molecule has 0 aliphatic heterocycles. The van der Waals surface area contributed by atoms with E-state index < -0.39 is 6.10 Å². The molecule has 0 amide bonds. The molecule has 4 unspecified atom stereocenters. The van der Waals surface area contributed by atoms with Crippen LogP contribution >= 0.6 is 0 Å². The lowest BCUT2D eigenvalue weighted by atomic mass is 10.1. The number of rotatable bonds is 8. The van der Waals surface area contributed by atoms with E-state index in [1.54, 1.807) is 0 Å². The van der Waals surface area contributed by atoms with Crippen LogP contribution in [0.25, 0.3) is 0 Å². The first-order valence-electron chi connectivity index (χ1n) is 5.57. The third kappa shape index (κ3) is 6.84. The van der Waals surface area contributed by atoms with Crippen molar-refractivity contribution in [2.45, 2.75) is 58.5 Å². The molecule has 2 N–H and O–H groups in total. The van der Waals surface area contributed by atoms with E-state index in [0.717, 1.165) is 0 Å². The predicted molar refractivity (Wildman–Crippen MR) is 58.8 cm³/mol. The molecule has 0 radical (unpaired) electrons. The second kappa shape index (κ2) is 8.05. The van der Waals surface area contributed by atoms with Gasteiger partial charge in [-0.3, -0.25) is 0 Å². The van der Waals surface area contributed by atoms with E-state index in [9.17, 15) is 5.11 Å². The van der Waals surface area contributed by atoms with Gasteiger partial charge in [0.1, 0.15) is 0 Å². The fourth-order valence-corrected chi connectivity index (χ4v) is 1.39. The van der Waals surface area contributed by atoms with Crippen LogP contribution in [0.3, 0.4) is 0 Å². The summed E-state index contributed by atoms with van der Waals surface area (Å²) >= 11 is 0. The van der Waals surface area contributed by atoms with Crippen molar-refractivity contribution in [1.29, 1.82) is 0 Å². The van der Waals surface area contributed by atoms with Crippen molar-refractivity contribution >= 4 is 0 Å². The van der Waals surface area contributed by atoms with Gasteiger partial charge in [-0.1, -0.05) is 0 Å². The maximum Gasteiger partial charge on any atom is 0.0809 e. The first kappa shape index (κ1) is 14.8. The molecule has 0 saturated carbocycles. The van der Waals surface area contributed by atoms with E-state index in [4.69, 9.17) is 14.6 Å². The maximum absolute atomic E-state index is 9.22. The first-order chi connectivity index (χ1) is 7.01. The van der Waals surface area contributed by atoms with Crippen LogP contribution in [0.4, 0.5) is 0 Å². The molecule has 0 rings (SSSR count). The molecule has 4 nitrogen and oxygen atoms in total. The largest absolute Gasteiger partial charge is 0.394 e. The van der Waals surface area contributed by atoms with Crippen LogP contribution in [-0.4, -0.2) is 47.8 Å².